The summed E-state index contributed by atoms with van der Waals surface area (Å²) in [5, 5.41) is 12.4. The number of benzene rings is 1. The Hall–Kier alpha value is -1.72. The van der Waals surface area contributed by atoms with Crippen LogP contribution < -0.4 is 5.32 Å². The summed E-state index contributed by atoms with van der Waals surface area (Å²) in [4.78, 5) is 25.5. The highest BCUT2D eigenvalue weighted by Gasteiger charge is 2.29. The summed E-state index contributed by atoms with van der Waals surface area (Å²) in [6.45, 7) is 3.16. The van der Waals surface area contributed by atoms with Gasteiger partial charge >= 0.3 is 0 Å². The Morgan fingerprint density at radius 1 is 1.29 bits per heavy atom. The van der Waals surface area contributed by atoms with E-state index in [9.17, 15) is 14.7 Å². The molecule has 0 radical (unpaired) electrons. The Morgan fingerprint density at radius 3 is 2.67 bits per heavy atom. The van der Waals surface area contributed by atoms with E-state index in [0.717, 1.165) is 24.9 Å². The molecule has 0 bridgehead atoms. The van der Waals surface area contributed by atoms with Gasteiger partial charge in [0.05, 0.1) is 18.6 Å². The third-order valence-electron chi connectivity index (χ3n) is 3.61. The Morgan fingerprint density at radius 2 is 2.00 bits per heavy atom. The Bertz CT molecular complexity index is 500. The number of hydrogen-bond donors (Lipinski definition) is 2. The number of nitrogens with zero attached hydrogens (tertiary/aromatic N) is 1. The van der Waals surface area contributed by atoms with Gasteiger partial charge in [0.25, 0.3) is 0 Å². The number of nitrogens with one attached hydrogen (secondary N) is 1. The van der Waals surface area contributed by atoms with Gasteiger partial charge in [0.2, 0.25) is 11.8 Å². The highest BCUT2D eigenvalue weighted by Crippen LogP contribution is 2.19. The fourth-order valence-corrected chi connectivity index (χ4v) is 2.68. The molecule has 1 aliphatic heterocycles. The lowest BCUT2D eigenvalue weighted by molar-refractivity contribution is -0.131. The van der Waals surface area contributed by atoms with Crippen molar-refractivity contribution in [1.82, 2.24) is 10.2 Å². The lowest BCUT2D eigenvalue weighted by atomic mass is 9.95. The van der Waals surface area contributed by atoms with Crippen LogP contribution in [0.4, 0.5) is 0 Å². The number of β-amino-alcohol motifs (C(OH)–C–C–N with tert-alkyl or cyclic N) is 1. The zero-order chi connectivity index (χ0) is 15.3. The molecule has 1 fully saturated rings. The molecule has 5 heteroatoms. The average Bonchev–Trinajstić information content (AvgIpc) is 2.38. The first-order chi connectivity index (χ1) is 9.94. The van der Waals surface area contributed by atoms with Crippen LogP contribution in [-0.2, 0) is 16.0 Å². The molecule has 5 nitrogen and oxygen atoms in total. The quantitative estimate of drug-likeness (QED) is 0.857. The topological polar surface area (TPSA) is 69.6 Å². The van der Waals surface area contributed by atoms with Crippen molar-refractivity contribution in [2.24, 2.45) is 0 Å². The zero-order valence-electron chi connectivity index (χ0n) is 12.3. The van der Waals surface area contributed by atoms with Crippen molar-refractivity contribution in [3.05, 3.63) is 35.9 Å². The first-order valence-corrected chi connectivity index (χ1v) is 7.26. The molecule has 2 amide bonds. The van der Waals surface area contributed by atoms with E-state index >= 15 is 0 Å². The highest BCUT2D eigenvalue weighted by atomic mass is 16.3. The number of carbonyl (C=O) groups is 2. The van der Waals surface area contributed by atoms with Gasteiger partial charge < -0.3 is 5.11 Å². The van der Waals surface area contributed by atoms with Crippen LogP contribution in [0.2, 0.25) is 0 Å². The van der Waals surface area contributed by atoms with Crippen molar-refractivity contribution >= 4 is 11.8 Å². The minimum atomic E-state index is -0.743. The van der Waals surface area contributed by atoms with E-state index in [1.54, 1.807) is 6.92 Å². The third-order valence-corrected chi connectivity index (χ3v) is 3.61. The zero-order valence-corrected chi connectivity index (χ0v) is 12.3. The van der Waals surface area contributed by atoms with Crippen molar-refractivity contribution in [3.8, 4) is 0 Å². The van der Waals surface area contributed by atoms with Gasteiger partial charge in [-0.05, 0) is 31.9 Å². The lowest BCUT2D eigenvalue weighted by Crippen LogP contribution is -2.50. The number of rotatable bonds is 4. The minimum Gasteiger partial charge on any atom is -0.389 e. The highest BCUT2D eigenvalue weighted by molar-refractivity contribution is 5.96. The number of aliphatic hydroxyl groups is 1. The molecule has 0 saturated carbocycles. The second kappa shape index (κ2) is 6.83. The lowest BCUT2D eigenvalue weighted by Gasteiger charge is -2.36. The number of carbonyl (C=O) groups excluding carboxylic acids is 2. The van der Waals surface area contributed by atoms with Crippen LogP contribution in [0, 0.1) is 0 Å². The summed E-state index contributed by atoms with van der Waals surface area (Å²) in [5.74, 6) is -0.608. The number of hydrogen-bond acceptors (Lipinski definition) is 4. The molecule has 2 N–H and O–H groups in total. The van der Waals surface area contributed by atoms with Crippen molar-refractivity contribution in [3.63, 3.8) is 0 Å². The van der Waals surface area contributed by atoms with E-state index in [0.29, 0.717) is 6.54 Å². The maximum absolute atomic E-state index is 11.9. The summed E-state index contributed by atoms with van der Waals surface area (Å²) in [6.07, 6.45) is 1.81. The Kier molecular flexibility index (Phi) is 5.09. The van der Waals surface area contributed by atoms with Gasteiger partial charge in [-0.25, -0.2) is 0 Å². The SMILES string of the molecule is CC1(O)CCCN(CC(=O)NC(=O)Cc2ccccc2)C1. The van der Waals surface area contributed by atoms with Crippen molar-refractivity contribution < 1.29 is 14.7 Å². The van der Waals surface area contributed by atoms with Crippen LogP contribution >= 0.6 is 0 Å². The van der Waals surface area contributed by atoms with Crippen LogP contribution in [0.25, 0.3) is 0 Å². The van der Waals surface area contributed by atoms with Gasteiger partial charge in [-0.2, -0.15) is 0 Å². The fraction of sp³-hybridized carbons (Fsp3) is 0.500. The summed E-state index contributed by atoms with van der Waals surface area (Å²) in [5.41, 5.74) is 0.135. The Balaban J connectivity index is 1.78. The number of piperidine rings is 1. The van der Waals surface area contributed by atoms with Crippen LogP contribution in [0.1, 0.15) is 25.3 Å². The molecule has 1 unspecified atom stereocenters. The third kappa shape index (κ3) is 5.28. The molecule has 1 heterocycles. The molecule has 0 spiro atoms. The van der Waals surface area contributed by atoms with E-state index in [1.165, 1.54) is 0 Å². The minimum absolute atomic E-state index is 0.149. The molecule has 2 rings (SSSR count). The van der Waals surface area contributed by atoms with E-state index in [2.05, 4.69) is 5.32 Å². The van der Waals surface area contributed by atoms with Gasteiger partial charge in [0, 0.05) is 6.54 Å². The predicted octanol–water partition coefficient (Wildman–Crippen LogP) is 0.719. The number of likely N-dealkylation sites (tertiary alicyclic amines) is 1. The normalized spacial score (nSPS) is 22.8. The van der Waals surface area contributed by atoms with Crippen molar-refractivity contribution in [1.29, 1.82) is 0 Å². The molecular weight excluding hydrogens is 268 g/mol. The first kappa shape index (κ1) is 15.7. The number of amides is 2. The summed E-state index contributed by atoms with van der Waals surface area (Å²) >= 11 is 0. The van der Waals surface area contributed by atoms with Gasteiger partial charge in [0.1, 0.15) is 0 Å². The monoisotopic (exact) mass is 290 g/mol. The van der Waals surface area contributed by atoms with Crippen LogP contribution in [0.5, 0.6) is 0 Å². The summed E-state index contributed by atoms with van der Waals surface area (Å²) in [6, 6.07) is 9.31. The summed E-state index contributed by atoms with van der Waals surface area (Å²) < 4.78 is 0. The van der Waals surface area contributed by atoms with E-state index in [4.69, 9.17) is 0 Å². The van der Waals surface area contributed by atoms with Crippen LogP contribution in [-0.4, -0.2) is 47.1 Å². The smallest absolute Gasteiger partial charge is 0.240 e. The van der Waals surface area contributed by atoms with E-state index < -0.39 is 5.60 Å². The molecule has 1 aromatic rings. The average molecular weight is 290 g/mol. The van der Waals surface area contributed by atoms with Crippen LogP contribution in [0.3, 0.4) is 0 Å². The number of imide groups is 1. The van der Waals surface area contributed by atoms with Gasteiger partial charge in [-0.1, -0.05) is 30.3 Å². The van der Waals surface area contributed by atoms with Gasteiger partial charge in [0.15, 0.2) is 0 Å². The second-order valence-corrected chi connectivity index (χ2v) is 5.94. The standard InChI is InChI=1S/C16H22N2O3/c1-16(21)8-5-9-18(12-16)11-15(20)17-14(19)10-13-6-3-2-4-7-13/h2-4,6-7,21H,5,8-12H2,1H3,(H,17,19,20). The second-order valence-electron chi connectivity index (χ2n) is 5.94. The van der Waals surface area contributed by atoms with Crippen LogP contribution in [0.15, 0.2) is 30.3 Å². The molecule has 1 aliphatic rings. The first-order valence-electron chi connectivity index (χ1n) is 7.26. The maximum atomic E-state index is 11.9. The van der Waals surface area contributed by atoms with Gasteiger partial charge in [-0.3, -0.25) is 19.8 Å². The largest absolute Gasteiger partial charge is 0.389 e. The molecule has 1 saturated heterocycles. The summed E-state index contributed by atoms with van der Waals surface area (Å²) in [7, 11) is 0. The molecule has 1 atom stereocenters. The Labute approximate surface area is 125 Å². The van der Waals surface area contributed by atoms with Gasteiger partial charge in [-0.15, -0.1) is 0 Å². The predicted molar refractivity (Wildman–Crippen MR) is 79.6 cm³/mol. The molecule has 21 heavy (non-hydrogen) atoms. The molecule has 0 aromatic heterocycles. The maximum Gasteiger partial charge on any atom is 0.240 e. The fourth-order valence-electron chi connectivity index (χ4n) is 2.68. The molecule has 1 aromatic carbocycles. The molecule has 114 valence electrons. The molecule has 0 aliphatic carbocycles. The van der Waals surface area contributed by atoms with E-state index in [-0.39, 0.29) is 24.8 Å². The van der Waals surface area contributed by atoms with E-state index in [1.807, 2.05) is 35.2 Å². The molecular formula is C16H22N2O3. The van der Waals surface area contributed by atoms with Crippen molar-refractivity contribution in [2.75, 3.05) is 19.6 Å². The van der Waals surface area contributed by atoms with Crippen molar-refractivity contribution in [2.45, 2.75) is 31.8 Å².